The van der Waals surface area contributed by atoms with Crippen LogP contribution in [-0.4, -0.2) is 30.7 Å². The molecule has 1 N–H and O–H groups in total. The monoisotopic (exact) mass is 397 g/mol. The third-order valence-electron chi connectivity index (χ3n) is 6.51. The van der Waals surface area contributed by atoms with Gasteiger partial charge in [-0.05, 0) is 42.7 Å². The van der Waals surface area contributed by atoms with Crippen LogP contribution >= 0.6 is 0 Å². The van der Waals surface area contributed by atoms with E-state index in [2.05, 4.69) is 87.9 Å². The van der Waals surface area contributed by atoms with Crippen LogP contribution in [0.25, 0.3) is 0 Å². The highest BCUT2D eigenvalue weighted by atomic mass is 16.2. The molecule has 0 bridgehead atoms. The molecule has 3 aromatic rings. The Morgan fingerprint density at radius 3 is 1.90 bits per heavy atom. The number of hydrogen-bond donors (Lipinski definition) is 1. The number of nitrogens with one attached hydrogen (secondary N) is 1. The van der Waals surface area contributed by atoms with Gasteiger partial charge in [0.1, 0.15) is 11.7 Å². The number of rotatable bonds is 4. The van der Waals surface area contributed by atoms with E-state index in [1.54, 1.807) is 0 Å². The molecule has 0 saturated carbocycles. The van der Waals surface area contributed by atoms with Crippen molar-refractivity contribution in [3.8, 4) is 0 Å². The average molecular weight is 398 g/mol. The minimum atomic E-state index is -0.494. The van der Waals surface area contributed by atoms with Crippen LogP contribution in [-0.2, 0) is 11.2 Å². The second kappa shape index (κ2) is 7.86. The SMILES string of the molecule is O=C1NC(Cc2ccccc2)N(c2ccccc2)C12CCN(c1ccccc1)CC2. The summed E-state index contributed by atoms with van der Waals surface area (Å²) < 4.78 is 0. The Morgan fingerprint density at radius 2 is 1.30 bits per heavy atom. The van der Waals surface area contributed by atoms with Crippen molar-refractivity contribution in [2.45, 2.75) is 31.0 Å². The molecule has 2 fully saturated rings. The van der Waals surface area contributed by atoms with E-state index < -0.39 is 5.54 Å². The quantitative estimate of drug-likeness (QED) is 0.716. The Balaban J connectivity index is 1.45. The van der Waals surface area contributed by atoms with Crippen LogP contribution in [0.5, 0.6) is 0 Å². The summed E-state index contributed by atoms with van der Waals surface area (Å²) in [6.45, 7) is 1.75. The molecule has 0 radical (unpaired) electrons. The summed E-state index contributed by atoms with van der Waals surface area (Å²) >= 11 is 0. The van der Waals surface area contributed by atoms with Gasteiger partial charge in [-0.1, -0.05) is 66.7 Å². The molecule has 0 aliphatic carbocycles. The van der Waals surface area contributed by atoms with Crippen molar-refractivity contribution in [1.29, 1.82) is 0 Å². The molecule has 0 aromatic heterocycles. The van der Waals surface area contributed by atoms with E-state index in [9.17, 15) is 4.79 Å². The van der Waals surface area contributed by atoms with E-state index in [-0.39, 0.29) is 12.1 Å². The lowest BCUT2D eigenvalue weighted by molar-refractivity contribution is -0.124. The number of carbonyl (C=O) groups is 1. The molecule has 2 saturated heterocycles. The van der Waals surface area contributed by atoms with Gasteiger partial charge in [-0.25, -0.2) is 0 Å². The highest BCUT2D eigenvalue weighted by Crippen LogP contribution is 2.40. The zero-order chi connectivity index (χ0) is 20.4. The van der Waals surface area contributed by atoms with Crippen LogP contribution in [0.2, 0.25) is 0 Å². The second-order valence-corrected chi connectivity index (χ2v) is 8.24. The highest BCUT2D eigenvalue weighted by Gasteiger charge is 2.54. The summed E-state index contributed by atoms with van der Waals surface area (Å²) in [6, 6.07) is 31.4. The molecule has 1 spiro atoms. The molecule has 152 valence electrons. The first-order chi connectivity index (χ1) is 14.8. The average Bonchev–Trinajstić information content (AvgIpc) is 3.06. The smallest absolute Gasteiger partial charge is 0.247 e. The van der Waals surface area contributed by atoms with Gasteiger partial charge in [0.15, 0.2) is 0 Å². The van der Waals surface area contributed by atoms with Crippen molar-refractivity contribution in [2.24, 2.45) is 0 Å². The van der Waals surface area contributed by atoms with Gasteiger partial charge in [-0.2, -0.15) is 0 Å². The molecule has 4 heteroatoms. The van der Waals surface area contributed by atoms with E-state index in [1.165, 1.54) is 11.3 Å². The van der Waals surface area contributed by atoms with E-state index in [0.29, 0.717) is 0 Å². The number of anilines is 2. The minimum Gasteiger partial charge on any atom is -0.371 e. The van der Waals surface area contributed by atoms with Crippen LogP contribution in [0.3, 0.4) is 0 Å². The highest BCUT2D eigenvalue weighted by molar-refractivity contribution is 5.94. The lowest BCUT2D eigenvalue weighted by Gasteiger charge is -2.45. The molecule has 4 nitrogen and oxygen atoms in total. The number of hydrogen-bond acceptors (Lipinski definition) is 3. The summed E-state index contributed by atoms with van der Waals surface area (Å²) in [4.78, 5) is 18.2. The second-order valence-electron chi connectivity index (χ2n) is 8.24. The number of para-hydroxylation sites is 2. The number of nitrogens with zero attached hydrogens (tertiary/aromatic N) is 2. The Morgan fingerprint density at radius 1 is 0.767 bits per heavy atom. The predicted octanol–water partition coefficient (Wildman–Crippen LogP) is 4.23. The summed E-state index contributed by atoms with van der Waals surface area (Å²) in [5.41, 5.74) is 3.09. The maximum Gasteiger partial charge on any atom is 0.247 e. The maximum absolute atomic E-state index is 13.4. The van der Waals surface area contributed by atoms with Gasteiger partial charge in [0.2, 0.25) is 5.91 Å². The van der Waals surface area contributed by atoms with Gasteiger partial charge in [0.25, 0.3) is 0 Å². The van der Waals surface area contributed by atoms with Crippen molar-refractivity contribution < 1.29 is 4.79 Å². The molecule has 1 unspecified atom stereocenters. The fraction of sp³-hybridized carbons (Fsp3) is 0.269. The van der Waals surface area contributed by atoms with Crippen LogP contribution in [0.15, 0.2) is 91.0 Å². The van der Waals surface area contributed by atoms with E-state index in [0.717, 1.165) is 38.0 Å². The molecule has 30 heavy (non-hydrogen) atoms. The van der Waals surface area contributed by atoms with E-state index in [1.807, 2.05) is 18.2 Å². The molecule has 1 atom stereocenters. The van der Waals surface area contributed by atoms with Crippen LogP contribution in [0.4, 0.5) is 11.4 Å². The topological polar surface area (TPSA) is 35.6 Å². The fourth-order valence-corrected chi connectivity index (χ4v) is 4.99. The van der Waals surface area contributed by atoms with Gasteiger partial charge >= 0.3 is 0 Å². The largest absolute Gasteiger partial charge is 0.371 e. The standard InChI is InChI=1S/C26H27N3O/c30-25-26(16-18-28(19-17-26)22-12-6-2-7-13-22)29(23-14-8-3-9-15-23)24(27-25)20-21-10-4-1-5-11-21/h1-15,24H,16-20H2,(H,27,30). The minimum absolute atomic E-state index is 0.0365. The Bertz CT molecular complexity index is 983. The molecule has 2 aliphatic rings. The van der Waals surface area contributed by atoms with Crippen LogP contribution in [0, 0.1) is 0 Å². The van der Waals surface area contributed by atoms with Crippen molar-refractivity contribution in [3.05, 3.63) is 96.6 Å². The van der Waals surface area contributed by atoms with Gasteiger partial charge in [0.05, 0.1) is 0 Å². The molecule has 5 rings (SSSR count). The zero-order valence-corrected chi connectivity index (χ0v) is 17.1. The molecule has 3 aromatic carbocycles. The maximum atomic E-state index is 13.4. The Kier molecular flexibility index (Phi) is 4.91. The van der Waals surface area contributed by atoms with Crippen molar-refractivity contribution >= 4 is 17.3 Å². The molecule has 2 heterocycles. The summed E-state index contributed by atoms with van der Waals surface area (Å²) in [5.74, 6) is 0.167. The zero-order valence-electron chi connectivity index (χ0n) is 17.1. The predicted molar refractivity (Wildman–Crippen MR) is 122 cm³/mol. The van der Waals surface area contributed by atoms with Crippen LogP contribution in [0.1, 0.15) is 18.4 Å². The number of amides is 1. The number of piperidine rings is 1. The van der Waals surface area contributed by atoms with Crippen molar-refractivity contribution in [2.75, 3.05) is 22.9 Å². The normalized spacial score (nSPS) is 20.4. The van der Waals surface area contributed by atoms with Gasteiger partial charge in [-0.15, -0.1) is 0 Å². The molecular weight excluding hydrogens is 370 g/mol. The Hall–Kier alpha value is -3.27. The summed E-state index contributed by atoms with van der Waals surface area (Å²) in [5, 5.41) is 3.33. The van der Waals surface area contributed by atoms with Gasteiger partial charge < -0.3 is 15.1 Å². The fourth-order valence-electron chi connectivity index (χ4n) is 4.99. The first-order valence-corrected chi connectivity index (χ1v) is 10.8. The van der Waals surface area contributed by atoms with Gasteiger partial charge in [0, 0.05) is 30.9 Å². The van der Waals surface area contributed by atoms with Crippen LogP contribution < -0.4 is 15.1 Å². The third-order valence-corrected chi connectivity index (χ3v) is 6.51. The van der Waals surface area contributed by atoms with E-state index >= 15 is 0 Å². The van der Waals surface area contributed by atoms with Gasteiger partial charge in [-0.3, -0.25) is 4.79 Å². The number of benzene rings is 3. The molecular formula is C26H27N3O. The summed E-state index contributed by atoms with van der Waals surface area (Å²) in [6.07, 6.45) is 2.39. The molecule has 1 amide bonds. The lowest BCUT2D eigenvalue weighted by Crippen LogP contribution is -2.57. The lowest BCUT2D eigenvalue weighted by atomic mass is 9.85. The first kappa shape index (κ1) is 18.7. The first-order valence-electron chi connectivity index (χ1n) is 10.8. The number of carbonyl (C=O) groups excluding carboxylic acids is 1. The Labute approximate surface area is 178 Å². The molecule has 2 aliphatic heterocycles. The summed E-state index contributed by atoms with van der Waals surface area (Å²) in [7, 11) is 0. The van der Waals surface area contributed by atoms with Crippen molar-refractivity contribution in [3.63, 3.8) is 0 Å². The third kappa shape index (κ3) is 3.32. The van der Waals surface area contributed by atoms with E-state index in [4.69, 9.17) is 0 Å². The van der Waals surface area contributed by atoms with Crippen molar-refractivity contribution in [1.82, 2.24) is 5.32 Å².